The van der Waals surface area contributed by atoms with Crippen LogP contribution in [0.2, 0.25) is 0 Å². The van der Waals surface area contributed by atoms with Gasteiger partial charge in [0.25, 0.3) is 5.91 Å². The molecule has 138 valence electrons. The molecule has 0 aliphatic carbocycles. The van der Waals surface area contributed by atoms with Crippen LogP contribution in [0.1, 0.15) is 23.7 Å². The third-order valence-electron chi connectivity index (χ3n) is 3.44. The van der Waals surface area contributed by atoms with Crippen molar-refractivity contribution in [2.75, 3.05) is 31.7 Å². The summed E-state index contributed by atoms with van der Waals surface area (Å²) in [4.78, 5) is 23.7. The van der Waals surface area contributed by atoms with Crippen LogP contribution >= 0.6 is 0 Å². The minimum atomic E-state index is -0.257. The van der Waals surface area contributed by atoms with E-state index in [-0.39, 0.29) is 18.4 Å². The lowest BCUT2D eigenvalue weighted by Gasteiger charge is -2.08. The van der Waals surface area contributed by atoms with Crippen molar-refractivity contribution in [3.63, 3.8) is 0 Å². The molecular formula is C20H24N2O4. The number of ether oxygens (including phenoxy) is 2. The van der Waals surface area contributed by atoms with E-state index in [1.54, 1.807) is 24.3 Å². The minimum Gasteiger partial charge on any atom is -0.491 e. The van der Waals surface area contributed by atoms with Gasteiger partial charge in [-0.1, -0.05) is 25.1 Å². The molecule has 0 unspecified atom stereocenters. The zero-order valence-electron chi connectivity index (χ0n) is 14.9. The van der Waals surface area contributed by atoms with Gasteiger partial charge in [0.15, 0.2) is 0 Å². The number of hydrogen-bond acceptors (Lipinski definition) is 4. The van der Waals surface area contributed by atoms with Crippen LogP contribution in [-0.2, 0) is 9.53 Å². The van der Waals surface area contributed by atoms with Crippen LogP contribution in [0.5, 0.6) is 5.75 Å². The van der Waals surface area contributed by atoms with Gasteiger partial charge in [0.05, 0.1) is 6.61 Å². The summed E-state index contributed by atoms with van der Waals surface area (Å²) in [5.41, 5.74) is 1.18. The molecule has 0 spiro atoms. The standard InChI is InChI=1S/C20H24N2O4/c1-2-12-21-20(24)16-8-10-17(11-9-16)22-19(23)15-25-13-14-26-18-6-4-3-5-7-18/h3-11H,2,12-15H2,1H3,(H,21,24)(H,22,23). The van der Waals surface area contributed by atoms with E-state index >= 15 is 0 Å². The molecule has 6 heteroatoms. The monoisotopic (exact) mass is 356 g/mol. The predicted octanol–water partition coefficient (Wildman–Crippen LogP) is 2.86. The van der Waals surface area contributed by atoms with Gasteiger partial charge < -0.3 is 20.1 Å². The third-order valence-corrected chi connectivity index (χ3v) is 3.44. The molecule has 0 aromatic heterocycles. The first-order valence-corrected chi connectivity index (χ1v) is 8.62. The van der Waals surface area contributed by atoms with Crippen molar-refractivity contribution in [2.24, 2.45) is 0 Å². The second-order valence-electron chi connectivity index (χ2n) is 5.60. The molecule has 2 aromatic rings. The minimum absolute atomic E-state index is 0.0586. The van der Waals surface area contributed by atoms with Gasteiger partial charge in [0, 0.05) is 17.8 Å². The molecule has 2 aromatic carbocycles. The Morgan fingerprint density at radius 1 is 0.962 bits per heavy atom. The molecule has 0 aliphatic rings. The van der Waals surface area contributed by atoms with Gasteiger partial charge in [-0.15, -0.1) is 0 Å². The Balaban J connectivity index is 1.65. The van der Waals surface area contributed by atoms with Crippen molar-refractivity contribution >= 4 is 17.5 Å². The number of carbonyl (C=O) groups excluding carboxylic acids is 2. The quantitative estimate of drug-likeness (QED) is 0.642. The van der Waals surface area contributed by atoms with Crippen molar-refractivity contribution in [3.8, 4) is 5.75 Å². The highest BCUT2D eigenvalue weighted by molar-refractivity contribution is 5.96. The van der Waals surface area contributed by atoms with Crippen molar-refractivity contribution in [1.29, 1.82) is 0 Å². The maximum Gasteiger partial charge on any atom is 0.251 e. The van der Waals surface area contributed by atoms with Crippen LogP contribution in [0, 0.1) is 0 Å². The molecule has 0 aliphatic heterocycles. The second kappa shape index (κ2) is 10.9. The molecule has 6 nitrogen and oxygen atoms in total. The number of amides is 2. The first kappa shape index (κ1) is 19.5. The van der Waals surface area contributed by atoms with E-state index in [0.29, 0.717) is 31.0 Å². The lowest BCUT2D eigenvalue weighted by molar-refractivity contribution is -0.120. The highest BCUT2D eigenvalue weighted by atomic mass is 16.5. The number of carbonyl (C=O) groups is 2. The van der Waals surface area contributed by atoms with Crippen molar-refractivity contribution in [1.82, 2.24) is 5.32 Å². The van der Waals surface area contributed by atoms with Gasteiger partial charge in [-0.3, -0.25) is 9.59 Å². The zero-order valence-corrected chi connectivity index (χ0v) is 14.9. The number of para-hydroxylation sites is 1. The Hall–Kier alpha value is -2.86. The van der Waals surface area contributed by atoms with E-state index < -0.39 is 0 Å². The fourth-order valence-electron chi connectivity index (χ4n) is 2.14. The zero-order chi connectivity index (χ0) is 18.6. The topological polar surface area (TPSA) is 76.7 Å². The summed E-state index contributed by atoms with van der Waals surface area (Å²) < 4.78 is 10.8. The number of rotatable bonds is 10. The van der Waals surface area contributed by atoms with Gasteiger partial charge in [-0.2, -0.15) is 0 Å². The maximum absolute atomic E-state index is 11.8. The van der Waals surface area contributed by atoms with Crippen LogP contribution in [-0.4, -0.2) is 38.2 Å². The Bertz CT molecular complexity index is 687. The average molecular weight is 356 g/mol. The molecule has 0 fully saturated rings. The molecule has 26 heavy (non-hydrogen) atoms. The number of nitrogens with one attached hydrogen (secondary N) is 2. The number of benzene rings is 2. The van der Waals surface area contributed by atoms with Crippen molar-refractivity contribution in [2.45, 2.75) is 13.3 Å². The Labute approximate surface area is 153 Å². The van der Waals surface area contributed by atoms with Gasteiger partial charge in [0.2, 0.25) is 5.91 Å². The molecule has 0 heterocycles. The Kier molecular flexibility index (Phi) is 8.15. The molecule has 0 saturated heterocycles. The van der Waals surface area contributed by atoms with Crippen LogP contribution in [0.25, 0.3) is 0 Å². The normalized spacial score (nSPS) is 10.2. The summed E-state index contributed by atoms with van der Waals surface area (Å²) in [6.07, 6.45) is 0.885. The van der Waals surface area contributed by atoms with E-state index in [0.717, 1.165) is 12.2 Å². The maximum atomic E-state index is 11.8. The predicted molar refractivity (Wildman–Crippen MR) is 100 cm³/mol. The van der Waals surface area contributed by atoms with E-state index in [2.05, 4.69) is 10.6 Å². The van der Waals surface area contributed by atoms with Crippen molar-refractivity contribution in [3.05, 3.63) is 60.2 Å². The molecule has 0 atom stereocenters. The molecule has 2 rings (SSSR count). The Morgan fingerprint density at radius 2 is 1.69 bits per heavy atom. The molecular weight excluding hydrogens is 332 g/mol. The molecule has 0 saturated carbocycles. The van der Waals surface area contributed by atoms with E-state index in [9.17, 15) is 9.59 Å². The van der Waals surface area contributed by atoms with Gasteiger partial charge >= 0.3 is 0 Å². The largest absolute Gasteiger partial charge is 0.491 e. The molecule has 2 amide bonds. The molecule has 0 bridgehead atoms. The van der Waals surface area contributed by atoms with Crippen LogP contribution < -0.4 is 15.4 Å². The highest BCUT2D eigenvalue weighted by Gasteiger charge is 2.06. The lowest BCUT2D eigenvalue weighted by Crippen LogP contribution is -2.24. The summed E-state index contributed by atoms with van der Waals surface area (Å²) in [5.74, 6) is 0.392. The summed E-state index contributed by atoms with van der Waals surface area (Å²) >= 11 is 0. The number of hydrogen-bond donors (Lipinski definition) is 2. The smallest absolute Gasteiger partial charge is 0.251 e. The number of anilines is 1. The van der Waals surface area contributed by atoms with Gasteiger partial charge in [-0.25, -0.2) is 0 Å². The SMILES string of the molecule is CCCNC(=O)c1ccc(NC(=O)COCCOc2ccccc2)cc1. The fraction of sp³-hybridized carbons (Fsp3) is 0.300. The van der Waals surface area contributed by atoms with E-state index in [4.69, 9.17) is 9.47 Å². The summed E-state index contributed by atoms with van der Waals surface area (Å²) in [6, 6.07) is 16.2. The third kappa shape index (κ3) is 6.94. The highest BCUT2D eigenvalue weighted by Crippen LogP contribution is 2.10. The molecule has 0 radical (unpaired) electrons. The van der Waals surface area contributed by atoms with Crippen LogP contribution in [0.15, 0.2) is 54.6 Å². The second-order valence-corrected chi connectivity index (χ2v) is 5.60. The fourth-order valence-corrected chi connectivity index (χ4v) is 2.14. The van der Waals surface area contributed by atoms with Crippen LogP contribution in [0.3, 0.4) is 0 Å². The first-order chi connectivity index (χ1) is 12.7. The summed E-state index contributed by atoms with van der Waals surface area (Å²) in [5, 5.41) is 5.53. The first-order valence-electron chi connectivity index (χ1n) is 8.62. The van der Waals surface area contributed by atoms with Gasteiger partial charge in [-0.05, 0) is 42.8 Å². The van der Waals surface area contributed by atoms with Gasteiger partial charge in [0.1, 0.15) is 19.0 Å². The van der Waals surface area contributed by atoms with Crippen LogP contribution in [0.4, 0.5) is 5.69 Å². The average Bonchev–Trinajstić information content (AvgIpc) is 2.67. The summed E-state index contributed by atoms with van der Waals surface area (Å²) in [6.45, 7) is 3.27. The summed E-state index contributed by atoms with van der Waals surface area (Å²) in [7, 11) is 0. The molecule has 2 N–H and O–H groups in total. The van der Waals surface area contributed by atoms with E-state index in [1.807, 2.05) is 37.3 Å². The lowest BCUT2D eigenvalue weighted by atomic mass is 10.2. The van der Waals surface area contributed by atoms with E-state index in [1.165, 1.54) is 0 Å². The van der Waals surface area contributed by atoms with Crippen molar-refractivity contribution < 1.29 is 19.1 Å². The Morgan fingerprint density at radius 3 is 2.38 bits per heavy atom.